The van der Waals surface area contributed by atoms with E-state index in [1.165, 1.54) is 18.2 Å². The first kappa shape index (κ1) is 22.0. The van der Waals surface area contributed by atoms with Gasteiger partial charge in [-0.1, -0.05) is 17.7 Å². The molecule has 31 heavy (non-hydrogen) atoms. The van der Waals surface area contributed by atoms with Crippen molar-refractivity contribution in [3.05, 3.63) is 62.9 Å². The van der Waals surface area contributed by atoms with Crippen LogP contribution in [0.1, 0.15) is 34.8 Å². The summed E-state index contributed by atoms with van der Waals surface area (Å²) in [6, 6.07) is 9.87. The van der Waals surface area contributed by atoms with Gasteiger partial charge in [0.25, 0.3) is 5.91 Å². The number of nitrogens with zero attached hydrogens (tertiary/aromatic N) is 2. The van der Waals surface area contributed by atoms with Crippen molar-refractivity contribution >= 4 is 44.6 Å². The first-order chi connectivity index (χ1) is 14.7. The quantitative estimate of drug-likeness (QED) is 0.582. The van der Waals surface area contributed by atoms with Gasteiger partial charge in [0.2, 0.25) is 10.0 Å². The van der Waals surface area contributed by atoms with E-state index in [0.29, 0.717) is 13.0 Å². The molecule has 1 aliphatic heterocycles. The summed E-state index contributed by atoms with van der Waals surface area (Å²) < 4.78 is 27.6. The molecule has 0 saturated carbocycles. The molecule has 6 nitrogen and oxygen atoms in total. The molecular formula is C22H22ClN3O3S2. The van der Waals surface area contributed by atoms with E-state index in [9.17, 15) is 13.2 Å². The molecule has 162 valence electrons. The van der Waals surface area contributed by atoms with Gasteiger partial charge in [-0.05, 0) is 63.1 Å². The fraction of sp³-hybridized carbons (Fsp3) is 0.273. The lowest BCUT2D eigenvalue weighted by molar-refractivity contribution is 0.0989. The number of aromatic nitrogens is 1. The summed E-state index contributed by atoms with van der Waals surface area (Å²) in [6.07, 6.45) is 0.711. The Kier molecular flexibility index (Phi) is 5.91. The van der Waals surface area contributed by atoms with Crippen LogP contribution in [0.15, 0.2) is 46.7 Å². The minimum atomic E-state index is -3.74. The molecule has 1 aromatic heterocycles. The first-order valence-corrected chi connectivity index (χ1v) is 12.6. The Morgan fingerprint density at radius 1 is 1.23 bits per heavy atom. The Bertz CT molecular complexity index is 1270. The third kappa shape index (κ3) is 4.39. The number of amides is 1. The van der Waals surface area contributed by atoms with Crippen LogP contribution in [0, 0.1) is 6.92 Å². The fourth-order valence-electron chi connectivity index (χ4n) is 3.63. The van der Waals surface area contributed by atoms with Crippen molar-refractivity contribution in [3.63, 3.8) is 0 Å². The molecule has 0 unspecified atom stereocenters. The number of nitrogens with one attached hydrogen (secondary N) is 1. The van der Waals surface area contributed by atoms with E-state index in [1.54, 1.807) is 30.1 Å². The zero-order valence-corrected chi connectivity index (χ0v) is 19.7. The highest BCUT2D eigenvalue weighted by Crippen LogP contribution is 2.34. The second kappa shape index (κ2) is 8.35. The number of carbonyl (C=O) groups is 1. The van der Waals surface area contributed by atoms with Gasteiger partial charge >= 0.3 is 0 Å². The van der Waals surface area contributed by atoms with Crippen LogP contribution < -0.4 is 9.62 Å². The lowest BCUT2D eigenvalue weighted by Gasteiger charge is -2.19. The van der Waals surface area contributed by atoms with Gasteiger partial charge in [-0.15, -0.1) is 11.3 Å². The maximum atomic E-state index is 13.3. The molecule has 9 heteroatoms. The minimum Gasteiger partial charge on any atom is -0.308 e. The van der Waals surface area contributed by atoms with Crippen LogP contribution in [0.4, 0.5) is 5.69 Å². The Labute approximate surface area is 190 Å². The maximum absolute atomic E-state index is 13.3. The molecule has 2 aromatic carbocycles. The van der Waals surface area contributed by atoms with Crippen LogP contribution in [-0.4, -0.2) is 31.9 Å². The van der Waals surface area contributed by atoms with Gasteiger partial charge in [-0.25, -0.2) is 18.1 Å². The highest BCUT2D eigenvalue weighted by atomic mass is 35.5. The van der Waals surface area contributed by atoms with Crippen molar-refractivity contribution in [2.24, 2.45) is 0 Å². The smallest absolute Gasteiger partial charge is 0.259 e. The summed E-state index contributed by atoms with van der Waals surface area (Å²) in [5.41, 5.74) is 3.97. The van der Waals surface area contributed by atoms with Crippen LogP contribution >= 0.6 is 22.9 Å². The summed E-state index contributed by atoms with van der Waals surface area (Å²) in [7, 11) is -3.74. The predicted octanol–water partition coefficient (Wildman–Crippen LogP) is 4.66. The average molecular weight is 476 g/mol. The lowest BCUT2D eigenvalue weighted by Crippen LogP contribution is -2.31. The van der Waals surface area contributed by atoms with Crippen molar-refractivity contribution in [2.45, 2.75) is 38.1 Å². The molecular weight excluding hydrogens is 454 g/mol. The van der Waals surface area contributed by atoms with Gasteiger partial charge in [0, 0.05) is 29.2 Å². The second-order valence-corrected chi connectivity index (χ2v) is 10.9. The van der Waals surface area contributed by atoms with Gasteiger partial charge < -0.3 is 4.90 Å². The SMILES string of the molecule is Cc1nc(-c2ccc3c(c2)CCN3C(=O)c2cc(S(=O)(=O)NC(C)C)ccc2Cl)cs1. The van der Waals surface area contributed by atoms with Gasteiger partial charge in [-0.2, -0.15) is 0 Å². The molecule has 0 bridgehead atoms. The molecule has 3 aromatic rings. The third-order valence-electron chi connectivity index (χ3n) is 5.00. The molecule has 1 N–H and O–H groups in total. The van der Waals surface area contributed by atoms with E-state index < -0.39 is 10.0 Å². The Morgan fingerprint density at radius 2 is 2.00 bits per heavy atom. The molecule has 2 heterocycles. The molecule has 0 radical (unpaired) electrons. The molecule has 0 saturated heterocycles. The topological polar surface area (TPSA) is 79.4 Å². The molecule has 4 rings (SSSR count). The van der Waals surface area contributed by atoms with Gasteiger partial charge in [-0.3, -0.25) is 4.79 Å². The van der Waals surface area contributed by atoms with E-state index in [-0.39, 0.29) is 27.4 Å². The van der Waals surface area contributed by atoms with Crippen LogP contribution in [0.2, 0.25) is 5.02 Å². The van der Waals surface area contributed by atoms with Crippen molar-refractivity contribution in [3.8, 4) is 11.3 Å². The lowest BCUT2D eigenvalue weighted by atomic mass is 10.1. The normalized spacial score (nSPS) is 13.6. The highest BCUT2D eigenvalue weighted by Gasteiger charge is 2.28. The monoisotopic (exact) mass is 475 g/mol. The molecule has 1 aliphatic rings. The van der Waals surface area contributed by atoms with Gasteiger partial charge in [0.05, 0.1) is 26.2 Å². The summed E-state index contributed by atoms with van der Waals surface area (Å²) in [6.45, 7) is 5.95. The van der Waals surface area contributed by atoms with Crippen LogP contribution in [-0.2, 0) is 16.4 Å². The molecule has 0 fully saturated rings. The Morgan fingerprint density at radius 3 is 2.68 bits per heavy atom. The number of benzene rings is 2. The zero-order chi connectivity index (χ0) is 22.3. The summed E-state index contributed by atoms with van der Waals surface area (Å²) in [5, 5.41) is 3.24. The van der Waals surface area contributed by atoms with Gasteiger partial charge in [0.1, 0.15) is 0 Å². The number of thiazole rings is 1. The largest absolute Gasteiger partial charge is 0.308 e. The van der Waals surface area contributed by atoms with Crippen molar-refractivity contribution in [2.75, 3.05) is 11.4 Å². The third-order valence-corrected chi connectivity index (χ3v) is 7.76. The van der Waals surface area contributed by atoms with Crippen LogP contribution in [0.25, 0.3) is 11.3 Å². The van der Waals surface area contributed by atoms with Gasteiger partial charge in [0.15, 0.2) is 0 Å². The predicted molar refractivity (Wildman–Crippen MR) is 125 cm³/mol. The number of fused-ring (bicyclic) bond motifs is 1. The number of sulfonamides is 1. The first-order valence-electron chi connectivity index (χ1n) is 9.85. The van der Waals surface area contributed by atoms with E-state index in [2.05, 4.69) is 15.8 Å². The summed E-state index contributed by atoms with van der Waals surface area (Å²) >= 11 is 7.89. The number of hydrogen-bond acceptors (Lipinski definition) is 5. The standard InChI is InChI=1S/C22H22ClN3O3S2/c1-13(2)25-31(28,29)17-5-6-19(23)18(11-17)22(27)26-9-8-16-10-15(4-7-21(16)26)20-12-30-14(3)24-20/h4-7,10-13,25H,8-9H2,1-3H3. The second-order valence-electron chi connectivity index (χ2n) is 7.72. The minimum absolute atomic E-state index is 0.0163. The molecule has 0 spiro atoms. The summed E-state index contributed by atoms with van der Waals surface area (Å²) in [4.78, 5) is 19.5. The fourth-order valence-corrected chi connectivity index (χ4v) is 5.72. The average Bonchev–Trinajstić information content (AvgIpc) is 3.32. The number of halogens is 1. The number of rotatable bonds is 5. The number of hydrogen-bond donors (Lipinski definition) is 1. The number of carbonyl (C=O) groups excluding carboxylic acids is 1. The van der Waals surface area contributed by atoms with E-state index in [1.807, 2.05) is 24.4 Å². The van der Waals surface area contributed by atoms with Crippen molar-refractivity contribution in [1.82, 2.24) is 9.71 Å². The molecule has 0 aliphatic carbocycles. The Balaban J connectivity index is 1.66. The molecule has 1 amide bonds. The highest BCUT2D eigenvalue weighted by molar-refractivity contribution is 7.89. The van der Waals surface area contributed by atoms with E-state index >= 15 is 0 Å². The number of aryl methyl sites for hydroxylation is 1. The Hall–Kier alpha value is -2.26. The van der Waals surface area contributed by atoms with Crippen LogP contribution in [0.3, 0.4) is 0 Å². The summed E-state index contributed by atoms with van der Waals surface area (Å²) in [5.74, 6) is -0.317. The number of anilines is 1. The maximum Gasteiger partial charge on any atom is 0.259 e. The molecule has 0 atom stereocenters. The zero-order valence-electron chi connectivity index (χ0n) is 17.3. The van der Waals surface area contributed by atoms with E-state index in [4.69, 9.17) is 11.6 Å². The van der Waals surface area contributed by atoms with Crippen molar-refractivity contribution < 1.29 is 13.2 Å². The van der Waals surface area contributed by atoms with Crippen molar-refractivity contribution in [1.29, 1.82) is 0 Å². The van der Waals surface area contributed by atoms with E-state index in [0.717, 1.165) is 27.5 Å². The van der Waals surface area contributed by atoms with Crippen LogP contribution in [0.5, 0.6) is 0 Å².